The van der Waals surface area contributed by atoms with Gasteiger partial charge in [0.25, 0.3) is 0 Å². The SMILES string of the molecule is COC(=O)C(Cc1cnc[nH]1)NCC12CC(C)CC(CC(C)C1)C2. The molecular weight excluding hydrogens is 302 g/mol. The van der Waals surface area contributed by atoms with Gasteiger partial charge >= 0.3 is 5.97 Å². The molecule has 2 bridgehead atoms. The summed E-state index contributed by atoms with van der Waals surface area (Å²) in [6.45, 7) is 5.69. The van der Waals surface area contributed by atoms with Crippen molar-refractivity contribution in [3.63, 3.8) is 0 Å². The van der Waals surface area contributed by atoms with E-state index in [1.807, 2.05) is 0 Å². The lowest BCUT2D eigenvalue weighted by Gasteiger charge is -2.50. The van der Waals surface area contributed by atoms with Crippen LogP contribution in [0.5, 0.6) is 0 Å². The highest BCUT2D eigenvalue weighted by molar-refractivity contribution is 5.75. The molecule has 1 aromatic rings. The second kappa shape index (κ2) is 7.26. The van der Waals surface area contributed by atoms with E-state index in [0.29, 0.717) is 11.8 Å². The van der Waals surface area contributed by atoms with Crippen molar-refractivity contribution in [1.29, 1.82) is 0 Å². The van der Waals surface area contributed by atoms with E-state index in [9.17, 15) is 4.79 Å². The van der Waals surface area contributed by atoms with E-state index < -0.39 is 0 Å². The Morgan fingerprint density at radius 2 is 2.08 bits per heavy atom. The Balaban J connectivity index is 1.67. The van der Waals surface area contributed by atoms with Gasteiger partial charge in [-0.25, -0.2) is 4.98 Å². The van der Waals surface area contributed by atoms with Crippen LogP contribution in [0.1, 0.15) is 51.6 Å². The maximum absolute atomic E-state index is 12.2. The van der Waals surface area contributed by atoms with Crippen molar-refractivity contribution in [2.75, 3.05) is 13.7 Å². The average molecular weight is 333 g/mol. The Morgan fingerprint density at radius 3 is 2.67 bits per heavy atom. The highest BCUT2D eigenvalue weighted by Gasteiger charge is 2.44. The molecule has 0 aliphatic heterocycles. The summed E-state index contributed by atoms with van der Waals surface area (Å²) in [5.41, 5.74) is 1.31. The van der Waals surface area contributed by atoms with Gasteiger partial charge in [0.05, 0.1) is 13.4 Å². The van der Waals surface area contributed by atoms with Crippen molar-refractivity contribution < 1.29 is 9.53 Å². The molecule has 0 spiro atoms. The summed E-state index contributed by atoms with van der Waals surface area (Å²) in [4.78, 5) is 19.3. The highest BCUT2D eigenvalue weighted by Crippen LogP contribution is 2.52. The van der Waals surface area contributed by atoms with Crippen molar-refractivity contribution in [3.05, 3.63) is 18.2 Å². The number of methoxy groups -OCH3 is 1. The molecule has 3 rings (SSSR count). The van der Waals surface area contributed by atoms with Crippen LogP contribution < -0.4 is 5.32 Å². The summed E-state index contributed by atoms with van der Waals surface area (Å²) in [5.74, 6) is 2.26. The normalized spacial score (nSPS) is 33.9. The fourth-order valence-corrected chi connectivity index (χ4v) is 5.46. The third-order valence-electron chi connectivity index (χ3n) is 5.94. The maximum Gasteiger partial charge on any atom is 0.323 e. The van der Waals surface area contributed by atoms with Crippen LogP contribution in [0.25, 0.3) is 0 Å². The number of hydrogen-bond donors (Lipinski definition) is 2. The molecule has 0 amide bonds. The first kappa shape index (κ1) is 17.5. The number of fused-ring (bicyclic) bond motifs is 2. The zero-order valence-electron chi connectivity index (χ0n) is 15.2. The van der Waals surface area contributed by atoms with Gasteiger partial charge < -0.3 is 15.0 Å². The van der Waals surface area contributed by atoms with Gasteiger partial charge in [-0.05, 0) is 55.3 Å². The van der Waals surface area contributed by atoms with Crippen molar-refractivity contribution in [2.45, 2.75) is 58.4 Å². The number of hydrogen-bond acceptors (Lipinski definition) is 4. The molecule has 2 saturated carbocycles. The Kier molecular flexibility index (Phi) is 5.28. The van der Waals surface area contributed by atoms with E-state index in [-0.39, 0.29) is 12.0 Å². The van der Waals surface area contributed by atoms with Crippen molar-refractivity contribution in [3.8, 4) is 0 Å². The Hall–Kier alpha value is -1.36. The number of aromatic nitrogens is 2. The van der Waals surface area contributed by atoms with Gasteiger partial charge in [-0.15, -0.1) is 0 Å². The average Bonchev–Trinajstić information content (AvgIpc) is 3.02. The number of aromatic amines is 1. The maximum atomic E-state index is 12.2. The predicted octanol–water partition coefficient (Wildman–Crippen LogP) is 2.94. The molecule has 1 aromatic heterocycles. The fraction of sp³-hybridized carbons (Fsp3) is 0.789. The number of esters is 1. The number of nitrogens with zero attached hydrogens (tertiary/aromatic N) is 1. The standard InChI is InChI=1S/C19H31N3O2/c1-13-4-15-5-14(2)8-19(7-13,9-15)11-21-17(18(23)24-3)6-16-10-20-12-22-16/h10,12-15,17,21H,4-9,11H2,1-3H3,(H,20,22). The second-order valence-electron chi connectivity index (χ2n) is 8.40. The number of ether oxygens (including phenoxy) is 1. The largest absolute Gasteiger partial charge is 0.468 e. The lowest BCUT2D eigenvalue weighted by molar-refractivity contribution is -0.143. The minimum absolute atomic E-state index is 0.190. The molecule has 0 saturated heterocycles. The third-order valence-corrected chi connectivity index (χ3v) is 5.94. The molecule has 134 valence electrons. The number of imidazole rings is 1. The molecule has 3 atom stereocenters. The summed E-state index contributed by atoms with van der Waals surface area (Å²) < 4.78 is 5.01. The first-order valence-corrected chi connectivity index (χ1v) is 9.28. The topological polar surface area (TPSA) is 67.0 Å². The van der Waals surface area contributed by atoms with Crippen LogP contribution in [0.2, 0.25) is 0 Å². The molecule has 1 heterocycles. The van der Waals surface area contributed by atoms with Crippen molar-refractivity contribution in [2.24, 2.45) is 23.2 Å². The number of nitrogens with one attached hydrogen (secondary N) is 2. The van der Waals surface area contributed by atoms with Crippen molar-refractivity contribution in [1.82, 2.24) is 15.3 Å². The number of H-pyrrole nitrogens is 1. The van der Waals surface area contributed by atoms with Crippen LogP contribution in [0.3, 0.4) is 0 Å². The molecule has 2 N–H and O–H groups in total. The molecule has 2 fully saturated rings. The molecule has 0 radical (unpaired) electrons. The zero-order chi connectivity index (χ0) is 17.2. The summed E-state index contributed by atoms with van der Waals surface area (Å²) in [5, 5.41) is 3.54. The van der Waals surface area contributed by atoms with E-state index in [1.54, 1.807) is 12.5 Å². The van der Waals surface area contributed by atoms with E-state index in [4.69, 9.17) is 4.74 Å². The van der Waals surface area contributed by atoms with Crippen LogP contribution in [0.15, 0.2) is 12.5 Å². The second-order valence-corrected chi connectivity index (χ2v) is 8.40. The number of carbonyl (C=O) groups is 1. The van der Waals surface area contributed by atoms with Gasteiger partial charge in [-0.3, -0.25) is 4.79 Å². The molecule has 0 aromatic carbocycles. The van der Waals surface area contributed by atoms with E-state index in [0.717, 1.165) is 30.0 Å². The summed E-state index contributed by atoms with van der Waals surface area (Å²) in [7, 11) is 1.46. The minimum Gasteiger partial charge on any atom is -0.468 e. The Labute approximate surface area is 145 Å². The number of rotatable bonds is 6. The summed E-state index contributed by atoms with van der Waals surface area (Å²) in [6, 6.07) is -0.308. The monoisotopic (exact) mass is 333 g/mol. The molecule has 2 aliphatic rings. The quantitative estimate of drug-likeness (QED) is 0.786. The van der Waals surface area contributed by atoms with Crippen LogP contribution >= 0.6 is 0 Å². The molecule has 24 heavy (non-hydrogen) atoms. The molecule has 3 unspecified atom stereocenters. The smallest absolute Gasteiger partial charge is 0.323 e. The van der Waals surface area contributed by atoms with Crippen LogP contribution in [0.4, 0.5) is 0 Å². The highest BCUT2D eigenvalue weighted by atomic mass is 16.5. The molecular formula is C19H31N3O2. The van der Waals surface area contributed by atoms with E-state index in [1.165, 1.54) is 39.2 Å². The summed E-state index contributed by atoms with van der Waals surface area (Å²) >= 11 is 0. The van der Waals surface area contributed by atoms with Gasteiger partial charge in [0, 0.05) is 24.9 Å². The molecule has 5 heteroatoms. The first-order chi connectivity index (χ1) is 11.5. The van der Waals surface area contributed by atoms with Gasteiger partial charge in [0.1, 0.15) is 6.04 Å². The van der Waals surface area contributed by atoms with Crippen LogP contribution in [-0.2, 0) is 16.0 Å². The predicted molar refractivity (Wildman–Crippen MR) is 93.4 cm³/mol. The van der Waals surface area contributed by atoms with Gasteiger partial charge in [-0.2, -0.15) is 0 Å². The summed E-state index contributed by atoms with van der Waals surface area (Å²) in [6.07, 6.45) is 10.6. The van der Waals surface area contributed by atoms with Crippen LogP contribution in [0, 0.1) is 23.2 Å². The third kappa shape index (κ3) is 4.00. The minimum atomic E-state index is -0.308. The van der Waals surface area contributed by atoms with Gasteiger partial charge in [0.2, 0.25) is 0 Å². The van der Waals surface area contributed by atoms with E-state index >= 15 is 0 Å². The Bertz CT molecular complexity index is 523. The van der Waals surface area contributed by atoms with Gasteiger partial charge in [-0.1, -0.05) is 13.8 Å². The Morgan fingerprint density at radius 1 is 1.38 bits per heavy atom. The lowest BCUT2D eigenvalue weighted by Crippen LogP contribution is -2.50. The van der Waals surface area contributed by atoms with E-state index in [2.05, 4.69) is 29.1 Å². The fourth-order valence-electron chi connectivity index (χ4n) is 5.46. The van der Waals surface area contributed by atoms with Crippen molar-refractivity contribution >= 4 is 5.97 Å². The number of carbonyl (C=O) groups excluding carboxylic acids is 1. The van der Waals surface area contributed by atoms with Crippen LogP contribution in [-0.4, -0.2) is 35.6 Å². The van der Waals surface area contributed by atoms with Gasteiger partial charge in [0.15, 0.2) is 0 Å². The molecule has 5 nitrogen and oxygen atoms in total. The molecule has 2 aliphatic carbocycles. The zero-order valence-corrected chi connectivity index (χ0v) is 15.2. The lowest BCUT2D eigenvalue weighted by atomic mass is 9.57. The first-order valence-electron chi connectivity index (χ1n) is 9.28.